The number of carbonyl (C=O) groups excluding carboxylic acids is 3. The molecular weight excluding hydrogens is 246 g/mol. The first-order valence-electron chi connectivity index (χ1n) is 6.10. The van der Waals surface area contributed by atoms with Gasteiger partial charge in [-0.05, 0) is 26.0 Å². The number of imide groups is 1. The molecule has 2 aliphatic heterocycles. The summed E-state index contributed by atoms with van der Waals surface area (Å²) in [7, 11) is 0. The van der Waals surface area contributed by atoms with Gasteiger partial charge in [-0.1, -0.05) is 12.1 Å². The van der Waals surface area contributed by atoms with E-state index in [0.717, 1.165) is 4.90 Å². The maximum Gasteiger partial charge on any atom is 0.330 e. The number of esters is 1. The molecule has 0 spiro atoms. The van der Waals surface area contributed by atoms with E-state index in [-0.39, 0.29) is 0 Å². The van der Waals surface area contributed by atoms with E-state index in [0.29, 0.717) is 17.5 Å². The highest BCUT2D eigenvalue weighted by atomic mass is 16.6. The first-order chi connectivity index (χ1) is 8.91. The Labute approximate surface area is 110 Å². The average molecular weight is 259 g/mol. The fourth-order valence-corrected chi connectivity index (χ4v) is 2.62. The summed E-state index contributed by atoms with van der Waals surface area (Å²) in [5, 5.41) is 0. The molecule has 2 aliphatic rings. The zero-order valence-electron chi connectivity index (χ0n) is 10.7. The third-order valence-corrected chi connectivity index (χ3v) is 3.47. The van der Waals surface area contributed by atoms with Crippen molar-refractivity contribution in [2.45, 2.75) is 31.9 Å². The number of hydrogen-bond acceptors (Lipinski definition) is 4. The van der Waals surface area contributed by atoms with Gasteiger partial charge in [0, 0.05) is 6.42 Å². The van der Waals surface area contributed by atoms with E-state index in [1.807, 2.05) is 0 Å². The van der Waals surface area contributed by atoms with Crippen molar-refractivity contribution in [3.63, 3.8) is 0 Å². The predicted molar refractivity (Wildman–Crippen MR) is 65.5 cm³/mol. The van der Waals surface area contributed by atoms with Crippen molar-refractivity contribution in [3.05, 3.63) is 35.4 Å². The molecule has 0 radical (unpaired) electrons. The van der Waals surface area contributed by atoms with Gasteiger partial charge in [0.2, 0.25) is 0 Å². The lowest BCUT2D eigenvalue weighted by Gasteiger charge is -2.19. The van der Waals surface area contributed by atoms with Crippen LogP contribution >= 0.6 is 0 Å². The Bertz CT molecular complexity index is 570. The molecule has 3 rings (SSSR count). The van der Waals surface area contributed by atoms with Crippen molar-refractivity contribution in [1.82, 2.24) is 4.90 Å². The predicted octanol–water partition coefficient (Wildman–Crippen LogP) is 1.38. The number of rotatable bonds is 1. The molecule has 0 unspecified atom stereocenters. The van der Waals surface area contributed by atoms with Crippen molar-refractivity contribution in [3.8, 4) is 0 Å². The van der Waals surface area contributed by atoms with Gasteiger partial charge in [-0.2, -0.15) is 0 Å². The van der Waals surface area contributed by atoms with E-state index >= 15 is 0 Å². The molecule has 1 aromatic carbocycles. The smallest absolute Gasteiger partial charge is 0.330 e. The number of carbonyl (C=O) groups is 3. The Morgan fingerprint density at radius 2 is 1.63 bits per heavy atom. The van der Waals surface area contributed by atoms with E-state index in [1.165, 1.54) is 0 Å². The Hall–Kier alpha value is -2.17. The van der Waals surface area contributed by atoms with Crippen molar-refractivity contribution >= 4 is 17.8 Å². The molecule has 2 amide bonds. The fraction of sp³-hybridized carbons (Fsp3) is 0.357. The largest absolute Gasteiger partial charge is 0.458 e. The van der Waals surface area contributed by atoms with E-state index in [1.54, 1.807) is 38.1 Å². The summed E-state index contributed by atoms with van der Waals surface area (Å²) in [4.78, 5) is 37.4. The highest BCUT2D eigenvalue weighted by Gasteiger charge is 2.50. The number of nitrogens with zero attached hydrogens (tertiary/aromatic N) is 1. The summed E-state index contributed by atoms with van der Waals surface area (Å²) < 4.78 is 5.18. The second-order valence-corrected chi connectivity index (χ2v) is 5.43. The Morgan fingerprint density at radius 1 is 1.11 bits per heavy atom. The molecule has 5 heteroatoms. The lowest BCUT2D eigenvalue weighted by Crippen LogP contribution is -2.42. The topological polar surface area (TPSA) is 63.7 Å². The molecule has 0 aliphatic carbocycles. The maximum absolute atomic E-state index is 12.2. The molecule has 1 aromatic rings. The second kappa shape index (κ2) is 3.66. The van der Waals surface area contributed by atoms with Crippen LogP contribution in [0.4, 0.5) is 0 Å². The molecule has 98 valence electrons. The van der Waals surface area contributed by atoms with Crippen molar-refractivity contribution in [2.75, 3.05) is 0 Å². The zero-order valence-corrected chi connectivity index (χ0v) is 10.7. The van der Waals surface area contributed by atoms with Gasteiger partial charge in [0.25, 0.3) is 11.8 Å². The third-order valence-electron chi connectivity index (χ3n) is 3.47. The number of amides is 2. The summed E-state index contributed by atoms with van der Waals surface area (Å²) in [5.41, 5.74) is 0.0619. The van der Waals surface area contributed by atoms with Gasteiger partial charge in [0.05, 0.1) is 11.1 Å². The van der Waals surface area contributed by atoms with Crippen LogP contribution in [0.5, 0.6) is 0 Å². The lowest BCUT2D eigenvalue weighted by molar-refractivity contribution is -0.148. The van der Waals surface area contributed by atoms with Gasteiger partial charge in [-0.25, -0.2) is 4.79 Å². The number of benzene rings is 1. The minimum atomic E-state index is -0.817. The quantitative estimate of drug-likeness (QED) is 0.564. The van der Waals surface area contributed by atoms with Crippen LogP contribution in [0.3, 0.4) is 0 Å². The second-order valence-electron chi connectivity index (χ2n) is 5.43. The maximum atomic E-state index is 12.2. The van der Waals surface area contributed by atoms with Gasteiger partial charge >= 0.3 is 5.97 Å². The number of ether oxygens (including phenoxy) is 1. The lowest BCUT2D eigenvalue weighted by atomic mass is 10.0. The molecule has 5 nitrogen and oxygen atoms in total. The van der Waals surface area contributed by atoms with E-state index in [2.05, 4.69) is 0 Å². The van der Waals surface area contributed by atoms with Crippen molar-refractivity contribution in [1.29, 1.82) is 0 Å². The van der Waals surface area contributed by atoms with Crippen LogP contribution < -0.4 is 0 Å². The molecule has 1 atom stereocenters. The number of hydrogen-bond donors (Lipinski definition) is 0. The van der Waals surface area contributed by atoms with Crippen LogP contribution in [0.1, 0.15) is 41.0 Å². The Balaban J connectivity index is 1.99. The Kier molecular flexibility index (Phi) is 2.29. The van der Waals surface area contributed by atoms with Crippen LogP contribution in [0.25, 0.3) is 0 Å². The number of cyclic esters (lactones) is 1. The Morgan fingerprint density at radius 3 is 2.05 bits per heavy atom. The minimum Gasteiger partial charge on any atom is -0.458 e. The van der Waals surface area contributed by atoms with Crippen molar-refractivity contribution in [2.24, 2.45) is 0 Å². The van der Waals surface area contributed by atoms with Crippen LogP contribution in [0, 0.1) is 0 Å². The van der Waals surface area contributed by atoms with Crippen LogP contribution in [0.15, 0.2) is 24.3 Å². The molecule has 0 aromatic heterocycles. The molecule has 0 bridgehead atoms. The van der Waals surface area contributed by atoms with Crippen LogP contribution in [-0.4, -0.2) is 34.3 Å². The average Bonchev–Trinajstić information content (AvgIpc) is 2.75. The molecule has 1 saturated heterocycles. The molecular formula is C14H13NO4. The van der Waals surface area contributed by atoms with Gasteiger partial charge in [-0.15, -0.1) is 0 Å². The summed E-state index contributed by atoms with van der Waals surface area (Å²) in [5.74, 6) is -1.35. The molecule has 0 saturated carbocycles. The third kappa shape index (κ3) is 1.65. The van der Waals surface area contributed by atoms with E-state index in [4.69, 9.17) is 4.74 Å². The highest BCUT2D eigenvalue weighted by Crippen LogP contribution is 2.33. The SMILES string of the molecule is CC1(C)C[C@H](N2C(=O)c3ccccc3C2=O)C(=O)O1. The highest BCUT2D eigenvalue weighted by molar-refractivity contribution is 6.22. The minimum absolute atomic E-state index is 0.331. The van der Waals surface area contributed by atoms with Crippen LogP contribution in [0.2, 0.25) is 0 Å². The van der Waals surface area contributed by atoms with Crippen molar-refractivity contribution < 1.29 is 19.1 Å². The first kappa shape index (κ1) is 11.9. The normalized spacial score (nSPS) is 24.6. The van der Waals surface area contributed by atoms with E-state index < -0.39 is 29.4 Å². The molecule has 19 heavy (non-hydrogen) atoms. The summed E-state index contributed by atoms with van der Waals surface area (Å²) >= 11 is 0. The van der Waals surface area contributed by atoms with Gasteiger partial charge in [0.1, 0.15) is 11.6 Å². The fourth-order valence-electron chi connectivity index (χ4n) is 2.62. The molecule has 2 heterocycles. The standard InChI is InChI=1S/C14H13NO4/c1-14(2)7-10(13(18)19-14)15-11(16)8-5-3-4-6-9(8)12(15)17/h3-6,10H,7H2,1-2H3/t10-/m0/s1. The molecule has 1 fully saturated rings. The summed E-state index contributed by atoms with van der Waals surface area (Å²) in [6.07, 6.45) is 0.331. The van der Waals surface area contributed by atoms with Gasteiger partial charge in [0.15, 0.2) is 0 Å². The zero-order chi connectivity index (χ0) is 13.8. The summed E-state index contributed by atoms with van der Waals surface area (Å²) in [6, 6.07) is 5.78. The molecule has 0 N–H and O–H groups in total. The monoisotopic (exact) mass is 259 g/mol. The van der Waals surface area contributed by atoms with Gasteiger partial charge < -0.3 is 4.74 Å². The number of fused-ring (bicyclic) bond motifs is 1. The summed E-state index contributed by atoms with van der Waals surface area (Å²) in [6.45, 7) is 3.53. The first-order valence-corrected chi connectivity index (χ1v) is 6.10. The van der Waals surface area contributed by atoms with E-state index in [9.17, 15) is 14.4 Å². The van der Waals surface area contributed by atoms with Gasteiger partial charge in [-0.3, -0.25) is 14.5 Å². The van der Waals surface area contributed by atoms with Crippen LogP contribution in [-0.2, 0) is 9.53 Å².